The molecule has 0 radical (unpaired) electrons. The highest BCUT2D eigenvalue weighted by Crippen LogP contribution is 2.14. The zero-order valence-corrected chi connectivity index (χ0v) is 11.7. The summed E-state index contributed by atoms with van der Waals surface area (Å²) in [4.78, 5) is 12.2. The van der Waals surface area contributed by atoms with Crippen LogP contribution in [-0.4, -0.2) is 10.5 Å². The lowest BCUT2D eigenvalue weighted by Crippen LogP contribution is -2.26. The third-order valence-electron chi connectivity index (χ3n) is 3.35. The average molecular weight is 280 g/mol. The molecule has 3 aromatic rings. The van der Waals surface area contributed by atoms with Crippen LogP contribution >= 0.6 is 0 Å². The number of rotatable bonds is 4. The van der Waals surface area contributed by atoms with Crippen molar-refractivity contribution in [1.82, 2.24) is 9.88 Å². The molecule has 1 amide bonds. The fraction of sp³-hybridized carbons (Fsp3) is 0.118. The number of nitrogens with one attached hydrogen (secondary N) is 1. The summed E-state index contributed by atoms with van der Waals surface area (Å²) in [5.41, 5.74) is 1.65. The number of hydrogen-bond donors (Lipinski definition) is 1. The Morgan fingerprint density at radius 2 is 1.81 bits per heavy atom. The number of benzene rings is 1. The molecule has 1 N–H and O–H groups in total. The quantitative estimate of drug-likeness (QED) is 0.794. The van der Waals surface area contributed by atoms with Crippen LogP contribution in [0.3, 0.4) is 0 Å². The van der Waals surface area contributed by atoms with Crippen molar-refractivity contribution >= 4 is 5.91 Å². The zero-order chi connectivity index (χ0) is 14.7. The molecule has 3 rings (SSSR count). The molecule has 2 heterocycles. The van der Waals surface area contributed by atoms with Crippen molar-refractivity contribution in [3.63, 3.8) is 0 Å². The summed E-state index contributed by atoms with van der Waals surface area (Å²) >= 11 is 0. The van der Waals surface area contributed by atoms with Gasteiger partial charge in [-0.05, 0) is 55.5 Å². The summed E-state index contributed by atoms with van der Waals surface area (Å²) in [7, 11) is 0. The second kappa shape index (κ2) is 5.71. The van der Waals surface area contributed by atoms with E-state index in [-0.39, 0.29) is 11.9 Å². The highest BCUT2D eigenvalue weighted by atomic mass is 16.3. The molecule has 0 saturated carbocycles. The highest BCUT2D eigenvalue weighted by Gasteiger charge is 2.13. The fourth-order valence-corrected chi connectivity index (χ4v) is 2.18. The van der Waals surface area contributed by atoms with Crippen LogP contribution in [0.25, 0.3) is 5.69 Å². The van der Waals surface area contributed by atoms with Crippen molar-refractivity contribution in [1.29, 1.82) is 0 Å². The van der Waals surface area contributed by atoms with Gasteiger partial charge in [-0.2, -0.15) is 0 Å². The minimum atomic E-state index is -0.156. The predicted octanol–water partition coefficient (Wildman–Crippen LogP) is 3.56. The molecule has 1 atom stereocenters. The van der Waals surface area contributed by atoms with E-state index in [0.717, 1.165) is 11.4 Å². The van der Waals surface area contributed by atoms with Crippen LogP contribution in [0.15, 0.2) is 71.6 Å². The molecule has 0 fully saturated rings. The van der Waals surface area contributed by atoms with Crippen molar-refractivity contribution in [2.75, 3.05) is 0 Å². The summed E-state index contributed by atoms with van der Waals surface area (Å²) < 4.78 is 7.28. The van der Waals surface area contributed by atoms with Gasteiger partial charge in [0.15, 0.2) is 0 Å². The zero-order valence-electron chi connectivity index (χ0n) is 11.7. The van der Waals surface area contributed by atoms with Crippen molar-refractivity contribution in [3.8, 4) is 5.69 Å². The first-order valence-corrected chi connectivity index (χ1v) is 6.82. The predicted molar refractivity (Wildman–Crippen MR) is 80.4 cm³/mol. The second-order valence-electron chi connectivity index (χ2n) is 4.85. The van der Waals surface area contributed by atoms with Crippen LogP contribution in [0.1, 0.15) is 29.1 Å². The van der Waals surface area contributed by atoms with Gasteiger partial charge < -0.3 is 14.3 Å². The largest absolute Gasteiger partial charge is 0.467 e. The Morgan fingerprint density at radius 1 is 1.10 bits per heavy atom. The first-order valence-electron chi connectivity index (χ1n) is 6.82. The van der Waals surface area contributed by atoms with Gasteiger partial charge >= 0.3 is 0 Å². The Balaban J connectivity index is 1.70. The number of aromatic nitrogens is 1. The Labute approximate surface area is 123 Å². The molecule has 0 unspecified atom stereocenters. The van der Waals surface area contributed by atoms with Crippen LogP contribution < -0.4 is 5.32 Å². The van der Waals surface area contributed by atoms with Crippen LogP contribution in [0.2, 0.25) is 0 Å². The first-order chi connectivity index (χ1) is 10.2. The molecule has 0 aliphatic heterocycles. The van der Waals surface area contributed by atoms with Crippen molar-refractivity contribution in [2.45, 2.75) is 13.0 Å². The van der Waals surface area contributed by atoms with Gasteiger partial charge in [-0.1, -0.05) is 0 Å². The van der Waals surface area contributed by atoms with E-state index in [1.807, 2.05) is 72.4 Å². The summed E-state index contributed by atoms with van der Waals surface area (Å²) in [6, 6.07) is 14.9. The molecule has 4 heteroatoms. The number of hydrogen-bond acceptors (Lipinski definition) is 2. The van der Waals surface area contributed by atoms with Gasteiger partial charge in [0, 0.05) is 23.6 Å². The number of carbonyl (C=O) groups excluding carboxylic acids is 1. The normalized spacial score (nSPS) is 12.0. The lowest BCUT2D eigenvalue weighted by atomic mass is 10.1. The monoisotopic (exact) mass is 280 g/mol. The van der Waals surface area contributed by atoms with Gasteiger partial charge in [-0.3, -0.25) is 4.79 Å². The van der Waals surface area contributed by atoms with E-state index in [0.29, 0.717) is 5.56 Å². The third-order valence-corrected chi connectivity index (χ3v) is 3.35. The molecule has 0 aliphatic rings. The molecular formula is C17H16N2O2. The lowest BCUT2D eigenvalue weighted by Gasteiger charge is -2.12. The first kappa shape index (κ1) is 13.2. The van der Waals surface area contributed by atoms with Gasteiger partial charge in [0.1, 0.15) is 5.76 Å². The van der Waals surface area contributed by atoms with E-state index in [1.54, 1.807) is 6.26 Å². The van der Waals surface area contributed by atoms with E-state index in [4.69, 9.17) is 4.42 Å². The molecule has 1 aromatic carbocycles. The second-order valence-corrected chi connectivity index (χ2v) is 4.85. The van der Waals surface area contributed by atoms with Crippen molar-refractivity contribution < 1.29 is 9.21 Å². The molecule has 0 spiro atoms. The topological polar surface area (TPSA) is 47.2 Å². The van der Waals surface area contributed by atoms with E-state index >= 15 is 0 Å². The molecule has 0 aliphatic carbocycles. The Morgan fingerprint density at radius 3 is 2.43 bits per heavy atom. The van der Waals surface area contributed by atoms with Gasteiger partial charge in [0.2, 0.25) is 0 Å². The minimum Gasteiger partial charge on any atom is -0.467 e. The Hall–Kier alpha value is -2.75. The number of amides is 1. The standard InChI is InChI=1S/C17H16N2O2/c1-13(16-5-4-12-21-16)18-17(20)14-6-8-15(9-7-14)19-10-2-3-11-19/h2-13H,1H3,(H,18,20)/t13-/m0/s1. The number of nitrogens with zero attached hydrogens (tertiary/aromatic N) is 1. The molecule has 106 valence electrons. The minimum absolute atomic E-state index is 0.113. The number of furan rings is 1. The van der Waals surface area contributed by atoms with E-state index in [9.17, 15) is 4.79 Å². The summed E-state index contributed by atoms with van der Waals surface area (Å²) in [5, 5.41) is 2.91. The van der Waals surface area contributed by atoms with E-state index in [2.05, 4.69) is 5.32 Å². The lowest BCUT2D eigenvalue weighted by molar-refractivity contribution is 0.0935. The SMILES string of the molecule is C[C@H](NC(=O)c1ccc(-n2cccc2)cc1)c1ccco1. The molecule has 0 bridgehead atoms. The maximum Gasteiger partial charge on any atom is 0.251 e. The van der Waals surface area contributed by atoms with Gasteiger partial charge in [0.05, 0.1) is 12.3 Å². The van der Waals surface area contributed by atoms with Gasteiger partial charge in [-0.25, -0.2) is 0 Å². The molecule has 4 nitrogen and oxygen atoms in total. The van der Waals surface area contributed by atoms with Crippen LogP contribution in [0.4, 0.5) is 0 Å². The van der Waals surface area contributed by atoms with E-state index < -0.39 is 0 Å². The van der Waals surface area contributed by atoms with Crippen LogP contribution in [-0.2, 0) is 0 Å². The summed E-state index contributed by atoms with van der Waals surface area (Å²) in [5.74, 6) is 0.630. The maximum atomic E-state index is 12.2. The smallest absolute Gasteiger partial charge is 0.251 e. The summed E-state index contributed by atoms with van der Waals surface area (Å²) in [6.45, 7) is 1.89. The average Bonchev–Trinajstić information content (AvgIpc) is 3.20. The Kier molecular flexibility index (Phi) is 3.60. The third kappa shape index (κ3) is 2.89. The maximum absolute atomic E-state index is 12.2. The van der Waals surface area contributed by atoms with Gasteiger partial charge in [0.25, 0.3) is 5.91 Å². The van der Waals surface area contributed by atoms with Gasteiger partial charge in [-0.15, -0.1) is 0 Å². The Bertz CT molecular complexity index is 698. The van der Waals surface area contributed by atoms with Crippen molar-refractivity contribution in [2.24, 2.45) is 0 Å². The highest BCUT2D eigenvalue weighted by molar-refractivity contribution is 5.94. The molecule has 0 saturated heterocycles. The fourth-order valence-electron chi connectivity index (χ4n) is 2.18. The van der Waals surface area contributed by atoms with Crippen LogP contribution in [0, 0.1) is 0 Å². The van der Waals surface area contributed by atoms with E-state index in [1.165, 1.54) is 0 Å². The molecular weight excluding hydrogens is 264 g/mol. The van der Waals surface area contributed by atoms with Crippen molar-refractivity contribution in [3.05, 3.63) is 78.5 Å². The molecule has 2 aromatic heterocycles. The van der Waals surface area contributed by atoms with Crippen LogP contribution in [0.5, 0.6) is 0 Å². The molecule has 21 heavy (non-hydrogen) atoms. The summed E-state index contributed by atoms with van der Waals surface area (Å²) in [6.07, 6.45) is 5.53. The number of carbonyl (C=O) groups is 1.